The molecule has 1 aliphatic rings. The molecule has 0 saturated carbocycles. The first kappa shape index (κ1) is 16.0. The molecule has 0 spiro atoms. The second kappa shape index (κ2) is 6.78. The van der Waals surface area contributed by atoms with Gasteiger partial charge in [0.2, 0.25) is 0 Å². The molecule has 0 radical (unpaired) electrons. The van der Waals surface area contributed by atoms with Crippen molar-refractivity contribution in [3.63, 3.8) is 0 Å². The lowest BCUT2D eigenvalue weighted by Crippen LogP contribution is -2.22. The van der Waals surface area contributed by atoms with E-state index in [1.54, 1.807) is 0 Å². The first-order valence-electron chi connectivity index (χ1n) is 8.46. The van der Waals surface area contributed by atoms with Crippen LogP contribution in [0.3, 0.4) is 0 Å². The maximum Gasteiger partial charge on any atom is 0.137 e. The Morgan fingerprint density at radius 3 is 2.84 bits per heavy atom. The second-order valence-electron chi connectivity index (χ2n) is 6.65. The molecule has 0 amide bonds. The standard InChI is InChI=1S/C18H21N5O2/c1-12-7-15(25-21-12)8-14-9-23(11-17(14)24)10-16-18(20-22-19-16)13-5-3-2-4-6-13/h2-7,14,17,24H,8-11H2,1H3,(H,19,20,22)/t14-,17-/m1/s1. The van der Waals surface area contributed by atoms with E-state index in [0.717, 1.165) is 35.0 Å². The lowest BCUT2D eigenvalue weighted by molar-refractivity contribution is 0.137. The van der Waals surface area contributed by atoms with Crippen LogP contribution in [-0.4, -0.2) is 49.8 Å². The Morgan fingerprint density at radius 2 is 2.08 bits per heavy atom. The van der Waals surface area contributed by atoms with Crippen molar-refractivity contribution in [1.29, 1.82) is 0 Å². The van der Waals surface area contributed by atoms with E-state index in [2.05, 4.69) is 25.5 Å². The number of hydrogen-bond acceptors (Lipinski definition) is 6. The number of H-pyrrole nitrogens is 1. The number of likely N-dealkylation sites (tertiary alicyclic amines) is 1. The normalized spacial score (nSPS) is 21.0. The molecule has 0 aliphatic carbocycles. The Hall–Kier alpha value is -2.51. The molecular weight excluding hydrogens is 318 g/mol. The van der Waals surface area contributed by atoms with E-state index in [9.17, 15) is 5.11 Å². The number of benzene rings is 1. The van der Waals surface area contributed by atoms with Crippen molar-refractivity contribution >= 4 is 0 Å². The van der Waals surface area contributed by atoms with Crippen molar-refractivity contribution in [3.8, 4) is 11.3 Å². The van der Waals surface area contributed by atoms with Crippen molar-refractivity contribution in [1.82, 2.24) is 25.5 Å². The van der Waals surface area contributed by atoms with Crippen LogP contribution in [0.15, 0.2) is 40.9 Å². The molecule has 2 aromatic heterocycles. The van der Waals surface area contributed by atoms with E-state index in [0.29, 0.717) is 19.5 Å². The minimum atomic E-state index is -0.377. The molecule has 1 saturated heterocycles. The van der Waals surface area contributed by atoms with Crippen LogP contribution in [0.5, 0.6) is 0 Å². The zero-order valence-corrected chi connectivity index (χ0v) is 14.1. The molecule has 2 N–H and O–H groups in total. The summed E-state index contributed by atoms with van der Waals surface area (Å²) in [5.41, 5.74) is 3.67. The van der Waals surface area contributed by atoms with Gasteiger partial charge < -0.3 is 9.63 Å². The smallest absolute Gasteiger partial charge is 0.137 e. The Morgan fingerprint density at radius 1 is 1.24 bits per heavy atom. The third-order valence-electron chi connectivity index (χ3n) is 4.66. The molecule has 7 heteroatoms. The van der Waals surface area contributed by atoms with Gasteiger partial charge in [0.15, 0.2) is 0 Å². The summed E-state index contributed by atoms with van der Waals surface area (Å²) < 4.78 is 5.29. The Kier molecular flexibility index (Phi) is 4.33. The first-order chi connectivity index (χ1) is 12.2. The number of aryl methyl sites for hydroxylation is 1. The van der Waals surface area contributed by atoms with Crippen LogP contribution in [0.4, 0.5) is 0 Å². The lowest BCUT2D eigenvalue weighted by atomic mass is 10.0. The van der Waals surface area contributed by atoms with Gasteiger partial charge in [-0.05, 0) is 6.92 Å². The zero-order valence-electron chi connectivity index (χ0n) is 14.1. The average molecular weight is 339 g/mol. The van der Waals surface area contributed by atoms with Gasteiger partial charge in [-0.15, -0.1) is 0 Å². The average Bonchev–Trinajstić information content (AvgIpc) is 3.31. The van der Waals surface area contributed by atoms with Crippen molar-refractivity contribution in [2.45, 2.75) is 26.0 Å². The van der Waals surface area contributed by atoms with Gasteiger partial charge in [0.1, 0.15) is 17.1 Å². The van der Waals surface area contributed by atoms with Crippen molar-refractivity contribution in [2.75, 3.05) is 13.1 Å². The quantitative estimate of drug-likeness (QED) is 0.737. The molecular formula is C18H21N5O2. The SMILES string of the molecule is Cc1cc(C[C@@H]2CN(Cc3n[nH]nc3-c3ccccc3)C[C@H]2O)on1. The van der Waals surface area contributed by atoms with Gasteiger partial charge in [0.25, 0.3) is 0 Å². The van der Waals surface area contributed by atoms with Crippen molar-refractivity contribution in [2.24, 2.45) is 5.92 Å². The van der Waals surface area contributed by atoms with Gasteiger partial charge in [-0.25, -0.2) is 0 Å². The minimum Gasteiger partial charge on any atom is -0.391 e. The largest absolute Gasteiger partial charge is 0.391 e. The highest BCUT2D eigenvalue weighted by Crippen LogP contribution is 2.26. The maximum absolute atomic E-state index is 10.4. The predicted molar refractivity (Wildman–Crippen MR) is 91.5 cm³/mol. The summed E-state index contributed by atoms with van der Waals surface area (Å²) in [6.45, 7) is 3.98. The molecule has 3 aromatic rings. The summed E-state index contributed by atoms with van der Waals surface area (Å²) in [7, 11) is 0. The minimum absolute atomic E-state index is 0.138. The van der Waals surface area contributed by atoms with Crippen LogP contribution in [0.1, 0.15) is 17.1 Å². The molecule has 1 aromatic carbocycles. The van der Waals surface area contributed by atoms with Gasteiger partial charge in [-0.3, -0.25) is 4.90 Å². The number of nitrogens with one attached hydrogen (secondary N) is 1. The number of hydrogen-bond donors (Lipinski definition) is 2. The fraction of sp³-hybridized carbons (Fsp3) is 0.389. The van der Waals surface area contributed by atoms with Crippen LogP contribution < -0.4 is 0 Å². The van der Waals surface area contributed by atoms with Crippen LogP contribution in [0.25, 0.3) is 11.3 Å². The number of aliphatic hydroxyl groups excluding tert-OH is 1. The molecule has 1 aliphatic heterocycles. The second-order valence-corrected chi connectivity index (χ2v) is 6.65. The summed E-state index contributed by atoms with van der Waals surface area (Å²) in [5.74, 6) is 0.967. The van der Waals surface area contributed by atoms with E-state index < -0.39 is 0 Å². The molecule has 3 heterocycles. The molecule has 130 valence electrons. The summed E-state index contributed by atoms with van der Waals surface area (Å²) in [4.78, 5) is 2.21. The van der Waals surface area contributed by atoms with E-state index in [-0.39, 0.29) is 12.0 Å². The van der Waals surface area contributed by atoms with Crippen molar-refractivity contribution in [3.05, 3.63) is 53.5 Å². The molecule has 2 atom stereocenters. The number of rotatable bonds is 5. The zero-order chi connectivity index (χ0) is 17.2. The predicted octanol–water partition coefficient (Wildman–Crippen LogP) is 1.80. The van der Waals surface area contributed by atoms with Gasteiger partial charge in [-0.2, -0.15) is 15.4 Å². The molecule has 4 rings (SSSR count). The van der Waals surface area contributed by atoms with Gasteiger partial charge in [0, 0.05) is 43.6 Å². The van der Waals surface area contributed by atoms with Crippen LogP contribution >= 0.6 is 0 Å². The Labute approximate surface area is 145 Å². The molecule has 0 bridgehead atoms. The van der Waals surface area contributed by atoms with E-state index in [1.165, 1.54) is 0 Å². The number of aromatic nitrogens is 4. The third kappa shape index (κ3) is 3.47. The first-order valence-corrected chi connectivity index (χ1v) is 8.46. The van der Waals surface area contributed by atoms with E-state index in [1.807, 2.05) is 43.3 Å². The highest BCUT2D eigenvalue weighted by molar-refractivity contribution is 5.60. The number of aliphatic hydroxyl groups is 1. The summed E-state index contributed by atoms with van der Waals surface area (Å²) >= 11 is 0. The van der Waals surface area contributed by atoms with Gasteiger partial charge >= 0.3 is 0 Å². The van der Waals surface area contributed by atoms with Crippen LogP contribution in [0, 0.1) is 12.8 Å². The van der Waals surface area contributed by atoms with Crippen molar-refractivity contribution < 1.29 is 9.63 Å². The Balaban J connectivity index is 1.44. The lowest BCUT2D eigenvalue weighted by Gasteiger charge is -2.14. The fourth-order valence-electron chi connectivity index (χ4n) is 3.44. The summed E-state index contributed by atoms with van der Waals surface area (Å²) in [6.07, 6.45) is 0.320. The van der Waals surface area contributed by atoms with Gasteiger partial charge in [0.05, 0.1) is 11.8 Å². The number of β-amino-alcohol motifs (C(OH)–C–C–N with tert-alkyl or cyclic N) is 1. The topological polar surface area (TPSA) is 91.1 Å². The highest BCUT2D eigenvalue weighted by atomic mass is 16.5. The van der Waals surface area contributed by atoms with E-state index in [4.69, 9.17) is 4.52 Å². The number of aromatic amines is 1. The summed E-state index contributed by atoms with van der Waals surface area (Å²) in [6, 6.07) is 11.9. The van der Waals surface area contributed by atoms with Gasteiger partial charge in [-0.1, -0.05) is 35.5 Å². The van der Waals surface area contributed by atoms with Crippen LogP contribution in [-0.2, 0) is 13.0 Å². The van der Waals surface area contributed by atoms with E-state index >= 15 is 0 Å². The monoisotopic (exact) mass is 339 g/mol. The molecule has 7 nitrogen and oxygen atoms in total. The third-order valence-corrected chi connectivity index (χ3v) is 4.66. The molecule has 1 fully saturated rings. The van der Waals surface area contributed by atoms with Crippen LogP contribution in [0.2, 0.25) is 0 Å². The number of nitrogens with zero attached hydrogens (tertiary/aromatic N) is 4. The molecule has 0 unspecified atom stereocenters. The highest BCUT2D eigenvalue weighted by Gasteiger charge is 2.33. The maximum atomic E-state index is 10.4. The summed E-state index contributed by atoms with van der Waals surface area (Å²) in [5, 5.41) is 25.6. The fourth-order valence-corrected chi connectivity index (χ4v) is 3.44. The molecule has 25 heavy (non-hydrogen) atoms. The Bertz CT molecular complexity index is 829.